The van der Waals surface area contributed by atoms with E-state index in [1.165, 1.54) is 4.88 Å². The summed E-state index contributed by atoms with van der Waals surface area (Å²) in [4.78, 5) is 13.9. The van der Waals surface area contributed by atoms with Crippen LogP contribution in [0.1, 0.15) is 22.6 Å². The number of rotatable bonds is 6. The van der Waals surface area contributed by atoms with Gasteiger partial charge in [-0.2, -0.15) is 0 Å². The van der Waals surface area contributed by atoms with Gasteiger partial charge in [-0.1, -0.05) is 11.6 Å². The fourth-order valence-corrected chi connectivity index (χ4v) is 2.39. The van der Waals surface area contributed by atoms with Crippen LogP contribution in [0.3, 0.4) is 0 Å². The highest BCUT2D eigenvalue weighted by molar-refractivity contribution is 7.11. The Kier molecular flexibility index (Phi) is 5.07. The molecule has 0 aliphatic carbocycles. The van der Waals surface area contributed by atoms with Gasteiger partial charge in [0.25, 0.3) is 0 Å². The molecule has 2 aromatic rings. The lowest BCUT2D eigenvalue weighted by Gasteiger charge is -2.06. The third kappa shape index (κ3) is 4.41. The number of ether oxygens (including phenoxy) is 1. The van der Waals surface area contributed by atoms with Crippen LogP contribution in [0.5, 0.6) is 0 Å². The van der Waals surface area contributed by atoms with Crippen LogP contribution in [-0.4, -0.2) is 21.6 Å². The molecule has 2 heterocycles. The van der Waals surface area contributed by atoms with Crippen LogP contribution in [0.2, 0.25) is 5.15 Å². The van der Waals surface area contributed by atoms with Gasteiger partial charge in [-0.05, 0) is 13.8 Å². The molecule has 0 aliphatic heterocycles. The molecule has 0 aliphatic rings. The lowest BCUT2D eigenvalue weighted by molar-refractivity contribution is 0.128. The van der Waals surface area contributed by atoms with Gasteiger partial charge in [0.15, 0.2) is 5.82 Å². The van der Waals surface area contributed by atoms with Gasteiger partial charge in [-0.25, -0.2) is 15.0 Å². The predicted octanol–water partition coefficient (Wildman–Crippen LogP) is 3.04. The average Bonchev–Trinajstić information content (AvgIpc) is 2.79. The van der Waals surface area contributed by atoms with Crippen molar-refractivity contribution in [3.8, 4) is 0 Å². The quantitative estimate of drug-likeness (QED) is 0.831. The lowest BCUT2D eigenvalue weighted by Crippen LogP contribution is -2.05. The van der Waals surface area contributed by atoms with Gasteiger partial charge in [0, 0.05) is 23.7 Å². The molecule has 0 unspecified atom stereocenters. The van der Waals surface area contributed by atoms with Crippen LogP contribution in [0.25, 0.3) is 0 Å². The van der Waals surface area contributed by atoms with E-state index in [2.05, 4.69) is 20.3 Å². The molecular formula is C12H15ClN4OS. The molecule has 2 rings (SSSR count). The zero-order valence-electron chi connectivity index (χ0n) is 10.8. The molecule has 2 aromatic heterocycles. The van der Waals surface area contributed by atoms with Crippen molar-refractivity contribution in [2.24, 2.45) is 0 Å². The first-order valence-corrected chi connectivity index (χ1v) is 7.13. The molecule has 102 valence electrons. The Morgan fingerprint density at radius 2 is 2.26 bits per heavy atom. The number of hydrogen-bond donors (Lipinski definition) is 1. The van der Waals surface area contributed by atoms with Gasteiger partial charge in [0.2, 0.25) is 0 Å². The third-order valence-electron chi connectivity index (χ3n) is 2.27. The summed E-state index contributed by atoms with van der Waals surface area (Å²) >= 11 is 7.61. The SMILES string of the molecule is CCOCc1nc(Cl)cc(NCc2ncc(C)s2)n1. The van der Waals surface area contributed by atoms with Crippen molar-refractivity contribution in [3.63, 3.8) is 0 Å². The molecule has 5 nitrogen and oxygen atoms in total. The topological polar surface area (TPSA) is 59.9 Å². The normalized spacial score (nSPS) is 10.7. The van der Waals surface area contributed by atoms with Gasteiger partial charge in [0.1, 0.15) is 22.6 Å². The summed E-state index contributed by atoms with van der Waals surface area (Å²) in [5.41, 5.74) is 0. The second-order valence-corrected chi connectivity index (χ2v) is 5.55. The summed E-state index contributed by atoms with van der Waals surface area (Å²) in [6.07, 6.45) is 1.86. The molecule has 0 saturated carbocycles. The average molecular weight is 299 g/mol. The van der Waals surface area contributed by atoms with Crippen molar-refractivity contribution in [1.82, 2.24) is 15.0 Å². The molecule has 0 fully saturated rings. The van der Waals surface area contributed by atoms with Gasteiger partial charge in [-0.3, -0.25) is 0 Å². The number of anilines is 1. The van der Waals surface area contributed by atoms with Gasteiger partial charge >= 0.3 is 0 Å². The van der Waals surface area contributed by atoms with Crippen LogP contribution in [-0.2, 0) is 17.9 Å². The van der Waals surface area contributed by atoms with E-state index in [1.807, 2.05) is 20.0 Å². The van der Waals surface area contributed by atoms with Crippen LogP contribution in [0.4, 0.5) is 5.82 Å². The van der Waals surface area contributed by atoms with Crippen LogP contribution in [0.15, 0.2) is 12.3 Å². The van der Waals surface area contributed by atoms with Crippen LogP contribution < -0.4 is 5.32 Å². The van der Waals surface area contributed by atoms with E-state index >= 15 is 0 Å². The second kappa shape index (κ2) is 6.79. The number of nitrogens with one attached hydrogen (secondary N) is 1. The summed E-state index contributed by atoms with van der Waals surface area (Å²) in [6, 6.07) is 1.69. The molecule has 0 saturated heterocycles. The van der Waals surface area contributed by atoms with Gasteiger partial charge in [0.05, 0.1) is 6.54 Å². The van der Waals surface area contributed by atoms with Gasteiger partial charge < -0.3 is 10.1 Å². The van der Waals surface area contributed by atoms with Crippen molar-refractivity contribution in [2.75, 3.05) is 11.9 Å². The van der Waals surface area contributed by atoms with E-state index in [-0.39, 0.29) is 0 Å². The number of hydrogen-bond acceptors (Lipinski definition) is 6. The molecule has 7 heteroatoms. The molecule has 0 aromatic carbocycles. The van der Waals surface area contributed by atoms with Crippen molar-refractivity contribution >= 4 is 28.8 Å². The van der Waals surface area contributed by atoms with Crippen LogP contribution in [0, 0.1) is 6.92 Å². The summed E-state index contributed by atoms with van der Waals surface area (Å²) < 4.78 is 5.27. The molecule has 19 heavy (non-hydrogen) atoms. The van der Waals surface area contributed by atoms with Crippen molar-refractivity contribution in [2.45, 2.75) is 27.0 Å². The van der Waals surface area contributed by atoms with E-state index in [4.69, 9.17) is 16.3 Å². The predicted molar refractivity (Wildman–Crippen MR) is 76.5 cm³/mol. The first-order chi connectivity index (χ1) is 9.17. The highest BCUT2D eigenvalue weighted by Crippen LogP contribution is 2.15. The number of aryl methyl sites for hydroxylation is 1. The van der Waals surface area contributed by atoms with E-state index in [1.54, 1.807) is 17.4 Å². The first kappa shape index (κ1) is 14.2. The summed E-state index contributed by atoms with van der Waals surface area (Å²) in [6.45, 7) is 5.57. The number of halogens is 1. The summed E-state index contributed by atoms with van der Waals surface area (Å²) in [7, 11) is 0. The highest BCUT2D eigenvalue weighted by Gasteiger charge is 2.04. The maximum Gasteiger partial charge on any atom is 0.158 e. The Balaban J connectivity index is 2.01. The minimum atomic E-state index is 0.363. The second-order valence-electron chi connectivity index (χ2n) is 3.85. The maximum absolute atomic E-state index is 5.96. The third-order valence-corrected chi connectivity index (χ3v) is 3.37. The van der Waals surface area contributed by atoms with Crippen molar-refractivity contribution in [1.29, 1.82) is 0 Å². The smallest absolute Gasteiger partial charge is 0.158 e. The molecule has 0 amide bonds. The highest BCUT2D eigenvalue weighted by atomic mass is 35.5. The lowest BCUT2D eigenvalue weighted by atomic mass is 10.5. The molecule has 1 N–H and O–H groups in total. The van der Waals surface area contributed by atoms with Gasteiger partial charge in [-0.15, -0.1) is 11.3 Å². The van der Waals surface area contributed by atoms with E-state index in [0.717, 1.165) is 5.01 Å². The van der Waals surface area contributed by atoms with Crippen molar-refractivity contribution < 1.29 is 4.74 Å². The molecular weight excluding hydrogens is 284 g/mol. The minimum Gasteiger partial charge on any atom is -0.374 e. The Morgan fingerprint density at radius 1 is 1.42 bits per heavy atom. The fraction of sp³-hybridized carbons (Fsp3) is 0.417. The summed E-state index contributed by atoms with van der Waals surface area (Å²) in [5.74, 6) is 1.26. The summed E-state index contributed by atoms with van der Waals surface area (Å²) in [5, 5.41) is 4.61. The van der Waals surface area contributed by atoms with E-state index < -0.39 is 0 Å². The number of nitrogens with zero attached hydrogens (tertiary/aromatic N) is 3. The molecule has 0 radical (unpaired) electrons. The molecule has 0 spiro atoms. The Hall–Kier alpha value is -1.24. The zero-order chi connectivity index (χ0) is 13.7. The molecule has 0 atom stereocenters. The largest absolute Gasteiger partial charge is 0.374 e. The van der Waals surface area contributed by atoms with Crippen LogP contribution >= 0.6 is 22.9 Å². The Morgan fingerprint density at radius 3 is 2.95 bits per heavy atom. The monoisotopic (exact) mass is 298 g/mol. The fourth-order valence-electron chi connectivity index (χ4n) is 1.46. The maximum atomic E-state index is 5.96. The number of thiazole rings is 1. The van der Waals surface area contributed by atoms with E-state index in [9.17, 15) is 0 Å². The first-order valence-electron chi connectivity index (χ1n) is 5.93. The standard InChI is InChI=1S/C12H15ClN4OS/c1-3-18-7-11-16-9(13)4-10(17-11)14-6-12-15-5-8(2)19-12/h4-5H,3,6-7H2,1-2H3,(H,14,16,17). The Bertz CT molecular complexity index is 546. The Labute approximate surface area is 121 Å². The zero-order valence-corrected chi connectivity index (χ0v) is 12.4. The molecule has 0 bridgehead atoms. The minimum absolute atomic E-state index is 0.363. The van der Waals surface area contributed by atoms with Crippen molar-refractivity contribution in [3.05, 3.63) is 33.1 Å². The number of aromatic nitrogens is 3. The van der Waals surface area contributed by atoms with E-state index in [0.29, 0.717) is 36.6 Å².